The lowest BCUT2D eigenvalue weighted by Crippen LogP contribution is -2.47. The average Bonchev–Trinajstić information content (AvgIpc) is 3.20. The Bertz CT molecular complexity index is 2350. The van der Waals surface area contributed by atoms with Crippen LogP contribution in [-0.2, 0) is 4.76 Å². The van der Waals surface area contributed by atoms with E-state index in [1.165, 1.54) is 27.7 Å². The molecule has 7 aromatic rings. The summed E-state index contributed by atoms with van der Waals surface area (Å²) in [4.78, 5) is 0. The molecular formula is C50H42BNO. The van der Waals surface area contributed by atoms with Crippen molar-refractivity contribution in [2.45, 2.75) is 26.8 Å². The van der Waals surface area contributed by atoms with Crippen molar-refractivity contribution in [1.82, 2.24) is 0 Å². The predicted molar refractivity (Wildman–Crippen MR) is 225 cm³/mol. The number of allylic oxidation sites excluding steroid dienone is 2. The Kier molecular flexibility index (Phi) is 9.75. The fourth-order valence-electron chi connectivity index (χ4n) is 8.05. The van der Waals surface area contributed by atoms with Gasteiger partial charge in [-0.05, 0) is 88.4 Å². The highest BCUT2D eigenvalue weighted by atomic mass is 16.6. The molecule has 1 heterocycles. The van der Waals surface area contributed by atoms with Gasteiger partial charge in [-0.3, -0.25) is 5.06 Å². The SMILES string of the molecule is Cc1cc(C)c(B2ON(c3ccccc3)[C@@H](c3ccccc3)/C(c3ccccc3)=C(c3ccccc3)\C(c3ccccc3)=C/2c2ccccc2)c(C)c1. The van der Waals surface area contributed by atoms with Crippen molar-refractivity contribution in [3.63, 3.8) is 0 Å². The van der Waals surface area contributed by atoms with Crippen LogP contribution in [0.4, 0.5) is 5.69 Å². The third-order valence-electron chi connectivity index (χ3n) is 10.2. The number of aryl methyl sites for hydroxylation is 3. The van der Waals surface area contributed by atoms with Crippen LogP contribution in [0.1, 0.15) is 50.5 Å². The fraction of sp³-hybridized carbons (Fsp3) is 0.0800. The van der Waals surface area contributed by atoms with Crippen molar-refractivity contribution in [3.8, 4) is 0 Å². The van der Waals surface area contributed by atoms with Gasteiger partial charge in [0.2, 0.25) is 0 Å². The van der Waals surface area contributed by atoms with Gasteiger partial charge < -0.3 is 4.76 Å². The zero-order valence-corrected chi connectivity index (χ0v) is 30.5. The van der Waals surface area contributed by atoms with E-state index in [2.05, 4.69) is 220 Å². The van der Waals surface area contributed by atoms with Gasteiger partial charge in [-0.15, -0.1) is 0 Å². The summed E-state index contributed by atoms with van der Waals surface area (Å²) in [5.41, 5.74) is 16.1. The molecule has 256 valence electrons. The number of nitrogens with zero attached hydrogens (tertiary/aromatic N) is 1. The highest BCUT2D eigenvalue weighted by Gasteiger charge is 2.42. The van der Waals surface area contributed by atoms with Crippen molar-refractivity contribution < 1.29 is 4.76 Å². The first-order valence-electron chi connectivity index (χ1n) is 18.4. The molecule has 0 saturated heterocycles. The summed E-state index contributed by atoms with van der Waals surface area (Å²) >= 11 is 0. The molecule has 3 heteroatoms. The van der Waals surface area contributed by atoms with Gasteiger partial charge in [-0.25, -0.2) is 0 Å². The molecule has 0 unspecified atom stereocenters. The largest absolute Gasteiger partial charge is 0.397 e. The molecule has 0 radical (unpaired) electrons. The Labute approximate surface area is 314 Å². The average molecular weight is 684 g/mol. The van der Waals surface area contributed by atoms with Crippen LogP contribution in [-0.4, -0.2) is 6.92 Å². The summed E-state index contributed by atoms with van der Waals surface area (Å²) in [6.07, 6.45) is 0. The molecule has 8 rings (SSSR count). The quantitative estimate of drug-likeness (QED) is 0.155. The van der Waals surface area contributed by atoms with Crippen LogP contribution in [0.3, 0.4) is 0 Å². The second-order valence-electron chi connectivity index (χ2n) is 13.8. The minimum Gasteiger partial charge on any atom is -0.324 e. The first-order valence-corrected chi connectivity index (χ1v) is 18.4. The summed E-state index contributed by atoms with van der Waals surface area (Å²) in [6.45, 7) is 6.16. The van der Waals surface area contributed by atoms with Gasteiger partial charge in [-0.2, -0.15) is 0 Å². The molecular weight excluding hydrogens is 641 g/mol. The molecule has 0 amide bonds. The predicted octanol–water partition coefficient (Wildman–Crippen LogP) is 11.8. The van der Waals surface area contributed by atoms with E-state index in [1.807, 2.05) is 0 Å². The second kappa shape index (κ2) is 15.2. The third-order valence-corrected chi connectivity index (χ3v) is 10.2. The Hall–Kier alpha value is -6.16. The fourth-order valence-corrected chi connectivity index (χ4v) is 8.05. The maximum atomic E-state index is 7.83. The highest BCUT2D eigenvalue weighted by molar-refractivity contribution is 6.88. The zero-order valence-electron chi connectivity index (χ0n) is 30.5. The number of hydrogen-bond donors (Lipinski definition) is 0. The summed E-state index contributed by atoms with van der Waals surface area (Å²) in [5, 5.41) is 2.19. The highest BCUT2D eigenvalue weighted by Crippen LogP contribution is 2.51. The van der Waals surface area contributed by atoms with Crippen molar-refractivity contribution >= 4 is 40.3 Å². The van der Waals surface area contributed by atoms with E-state index in [1.54, 1.807) is 0 Å². The molecule has 0 saturated carbocycles. The molecule has 0 aromatic heterocycles. The van der Waals surface area contributed by atoms with Gasteiger partial charge in [0.1, 0.15) is 6.04 Å². The number of hydroxylamine groups is 1. The van der Waals surface area contributed by atoms with Crippen molar-refractivity contribution in [3.05, 3.63) is 239 Å². The van der Waals surface area contributed by atoms with E-state index in [-0.39, 0.29) is 6.04 Å². The van der Waals surface area contributed by atoms with E-state index in [0.29, 0.717) is 0 Å². The lowest BCUT2D eigenvalue weighted by molar-refractivity contribution is 0.273. The van der Waals surface area contributed by atoms with E-state index in [0.717, 1.165) is 50.1 Å². The monoisotopic (exact) mass is 683 g/mol. The van der Waals surface area contributed by atoms with E-state index in [4.69, 9.17) is 4.76 Å². The van der Waals surface area contributed by atoms with Crippen molar-refractivity contribution in [2.75, 3.05) is 5.06 Å². The Morgan fingerprint density at radius 2 is 0.868 bits per heavy atom. The molecule has 0 bridgehead atoms. The maximum absolute atomic E-state index is 7.83. The topological polar surface area (TPSA) is 12.5 Å². The summed E-state index contributed by atoms with van der Waals surface area (Å²) in [5.74, 6) is 0. The Morgan fingerprint density at radius 3 is 1.38 bits per heavy atom. The molecule has 1 aliphatic rings. The molecule has 0 spiro atoms. The van der Waals surface area contributed by atoms with Crippen molar-refractivity contribution in [1.29, 1.82) is 0 Å². The molecule has 2 nitrogen and oxygen atoms in total. The number of rotatable bonds is 7. The zero-order chi connectivity index (χ0) is 36.1. The van der Waals surface area contributed by atoms with Gasteiger partial charge in [-0.1, -0.05) is 199 Å². The first-order chi connectivity index (χ1) is 26.1. The van der Waals surface area contributed by atoms with Crippen LogP contribution in [0, 0.1) is 20.8 Å². The van der Waals surface area contributed by atoms with E-state index in [9.17, 15) is 0 Å². The molecule has 0 fully saturated rings. The van der Waals surface area contributed by atoms with Gasteiger partial charge >= 0.3 is 6.92 Å². The lowest BCUT2D eigenvalue weighted by atomic mass is 9.48. The van der Waals surface area contributed by atoms with E-state index < -0.39 is 6.92 Å². The van der Waals surface area contributed by atoms with Crippen LogP contribution in [0.25, 0.3) is 22.2 Å². The standard InChI is InChI=1S/C50H42BNO/c1-36-34-37(2)48(38(3)35-36)51-49(42-28-16-7-17-29-42)46(40-24-12-5-13-25-40)45(39-22-10-4-11-23-39)47(41-26-14-6-15-27-41)50(43-30-18-8-19-31-43)52(53-51)44-32-20-9-21-33-44/h4-35,50H,1-3H3/b47-45-,49-46-/t50-/m0/s1. The van der Waals surface area contributed by atoms with Crippen LogP contribution >= 0.6 is 0 Å². The van der Waals surface area contributed by atoms with Gasteiger partial charge in [0.15, 0.2) is 0 Å². The Morgan fingerprint density at radius 1 is 0.453 bits per heavy atom. The summed E-state index contributed by atoms with van der Waals surface area (Å²) < 4.78 is 7.83. The van der Waals surface area contributed by atoms with Gasteiger partial charge in [0.05, 0.1) is 5.69 Å². The maximum Gasteiger partial charge on any atom is 0.397 e. The van der Waals surface area contributed by atoms with Crippen LogP contribution in [0.5, 0.6) is 0 Å². The Balaban J connectivity index is 1.65. The van der Waals surface area contributed by atoms with E-state index >= 15 is 0 Å². The number of para-hydroxylation sites is 1. The molecule has 53 heavy (non-hydrogen) atoms. The second-order valence-corrected chi connectivity index (χ2v) is 13.8. The normalized spacial score (nSPS) is 17.7. The minimum atomic E-state index is -0.476. The number of anilines is 1. The van der Waals surface area contributed by atoms with Gasteiger partial charge in [0, 0.05) is 0 Å². The first kappa shape index (κ1) is 34.0. The van der Waals surface area contributed by atoms with Gasteiger partial charge in [0.25, 0.3) is 0 Å². The van der Waals surface area contributed by atoms with Crippen LogP contribution in [0.2, 0.25) is 0 Å². The summed E-state index contributed by atoms with van der Waals surface area (Å²) in [7, 11) is 0. The molecule has 7 aromatic carbocycles. The van der Waals surface area contributed by atoms with Crippen molar-refractivity contribution in [2.24, 2.45) is 0 Å². The molecule has 1 atom stereocenters. The smallest absolute Gasteiger partial charge is 0.324 e. The number of benzene rings is 7. The molecule has 0 N–H and O–H groups in total. The third kappa shape index (κ3) is 6.80. The number of hydrogen-bond acceptors (Lipinski definition) is 2. The molecule has 1 aliphatic heterocycles. The summed E-state index contributed by atoms with van der Waals surface area (Å²) in [6, 6.07) is 69.3. The minimum absolute atomic E-state index is 0.333. The lowest BCUT2D eigenvalue weighted by Gasteiger charge is -2.42. The van der Waals surface area contributed by atoms with Crippen LogP contribution < -0.4 is 10.5 Å². The van der Waals surface area contributed by atoms with Crippen LogP contribution in [0.15, 0.2) is 194 Å². The molecule has 0 aliphatic carbocycles.